The van der Waals surface area contributed by atoms with Crippen molar-refractivity contribution >= 4 is 0 Å². The van der Waals surface area contributed by atoms with Gasteiger partial charge in [0.25, 0.3) is 0 Å². The van der Waals surface area contributed by atoms with Gasteiger partial charge in [-0.1, -0.05) is 26.2 Å². The summed E-state index contributed by atoms with van der Waals surface area (Å²) in [5.74, 6) is 1.12. The Bertz CT molecular complexity index is 231. The molecule has 1 aromatic heterocycles. The smallest absolute Gasteiger partial charge is 0.105 e. The Morgan fingerprint density at radius 2 is 2.08 bits per heavy atom. The number of aryl methyl sites for hydroxylation is 3. The van der Waals surface area contributed by atoms with Gasteiger partial charge in [-0.15, -0.1) is 0 Å². The highest BCUT2D eigenvalue weighted by molar-refractivity contribution is 5.02. The van der Waals surface area contributed by atoms with Gasteiger partial charge in [0.1, 0.15) is 5.82 Å². The van der Waals surface area contributed by atoms with Crippen molar-refractivity contribution in [3.05, 3.63) is 17.7 Å². The third kappa shape index (κ3) is 3.21. The minimum atomic E-state index is 1.12. The fourth-order valence-electron chi connectivity index (χ4n) is 1.49. The van der Waals surface area contributed by atoms with Gasteiger partial charge in [-0.05, 0) is 19.8 Å². The first kappa shape index (κ1) is 10.3. The second-order valence-corrected chi connectivity index (χ2v) is 3.70. The van der Waals surface area contributed by atoms with E-state index in [0.29, 0.717) is 0 Å². The molecule has 13 heavy (non-hydrogen) atoms. The Labute approximate surface area is 81.0 Å². The first-order valence-electron chi connectivity index (χ1n) is 5.23. The zero-order chi connectivity index (χ0) is 9.68. The molecule has 0 unspecified atom stereocenters. The third-order valence-electron chi connectivity index (χ3n) is 2.44. The molecule has 0 spiro atoms. The molecule has 1 rings (SSSR count). The van der Waals surface area contributed by atoms with Crippen molar-refractivity contribution in [2.24, 2.45) is 7.05 Å². The molecule has 0 atom stereocenters. The van der Waals surface area contributed by atoms with Crippen LogP contribution in [0.4, 0.5) is 0 Å². The van der Waals surface area contributed by atoms with Crippen molar-refractivity contribution in [3.63, 3.8) is 0 Å². The number of aromatic nitrogens is 2. The molecule has 2 nitrogen and oxygen atoms in total. The van der Waals surface area contributed by atoms with Gasteiger partial charge in [-0.25, -0.2) is 4.98 Å². The highest BCUT2D eigenvalue weighted by Gasteiger charge is 1.99. The predicted molar refractivity (Wildman–Crippen MR) is 55.8 cm³/mol. The summed E-state index contributed by atoms with van der Waals surface area (Å²) in [7, 11) is 2.05. The van der Waals surface area contributed by atoms with E-state index in [1.165, 1.54) is 31.4 Å². The molecule has 1 heterocycles. The van der Waals surface area contributed by atoms with Crippen LogP contribution in [0.25, 0.3) is 0 Å². The number of nitrogens with zero attached hydrogens (tertiary/aromatic N) is 2. The summed E-state index contributed by atoms with van der Waals surface area (Å²) in [6, 6.07) is 0. The molecular formula is C11H20N2. The van der Waals surface area contributed by atoms with E-state index in [4.69, 9.17) is 0 Å². The maximum atomic E-state index is 4.47. The summed E-state index contributed by atoms with van der Waals surface area (Å²) in [5.41, 5.74) is 1.25. The molecule has 1 aromatic rings. The van der Waals surface area contributed by atoms with E-state index in [2.05, 4.69) is 36.6 Å². The maximum Gasteiger partial charge on any atom is 0.105 e. The number of imidazole rings is 1. The normalized spacial score (nSPS) is 10.7. The van der Waals surface area contributed by atoms with Gasteiger partial charge in [0.15, 0.2) is 0 Å². The van der Waals surface area contributed by atoms with Crippen LogP contribution in [0.5, 0.6) is 0 Å². The summed E-state index contributed by atoms with van der Waals surface area (Å²) < 4.78 is 2.09. The Balaban J connectivity index is 2.29. The van der Waals surface area contributed by atoms with Crippen LogP contribution in [0.15, 0.2) is 6.20 Å². The second-order valence-electron chi connectivity index (χ2n) is 3.70. The van der Waals surface area contributed by atoms with Gasteiger partial charge in [0.2, 0.25) is 0 Å². The van der Waals surface area contributed by atoms with Gasteiger partial charge in [-0.3, -0.25) is 0 Å². The summed E-state index contributed by atoms with van der Waals surface area (Å²) in [5, 5.41) is 0. The van der Waals surface area contributed by atoms with Crippen LogP contribution in [-0.2, 0) is 13.5 Å². The number of rotatable bonds is 5. The molecule has 0 aliphatic carbocycles. The molecule has 0 N–H and O–H groups in total. The molecule has 0 amide bonds. The second kappa shape index (κ2) is 5.05. The van der Waals surface area contributed by atoms with Crippen LogP contribution in [0.3, 0.4) is 0 Å². The summed E-state index contributed by atoms with van der Waals surface area (Å²) in [4.78, 5) is 4.47. The zero-order valence-electron chi connectivity index (χ0n) is 9.01. The van der Waals surface area contributed by atoms with E-state index in [0.717, 1.165) is 12.2 Å². The molecule has 0 saturated heterocycles. The van der Waals surface area contributed by atoms with E-state index in [-0.39, 0.29) is 0 Å². The largest absolute Gasteiger partial charge is 0.338 e. The SMILES string of the molecule is CCCCCCc1cn(C)c(C)n1. The highest BCUT2D eigenvalue weighted by atomic mass is 15.0. The predicted octanol–water partition coefficient (Wildman–Crippen LogP) is 2.85. The van der Waals surface area contributed by atoms with Gasteiger partial charge in [0, 0.05) is 13.2 Å². The Hall–Kier alpha value is -0.790. The molecule has 74 valence electrons. The molecule has 0 bridgehead atoms. The first-order chi connectivity index (χ1) is 6.24. The minimum Gasteiger partial charge on any atom is -0.338 e. The average Bonchev–Trinajstić information content (AvgIpc) is 2.41. The molecule has 0 aromatic carbocycles. The van der Waals surface area contributed by atoms with Crippen molar-refractivity contribution in [1.29, 1.82) is 0 Å². The maximum absolute atomic E-state index is 4.47. The summed E-state index contributed by atoms with van der Waals surface area (Å²) >= 11 is 0. The lowest BCUT2D eigenvalue weighted by atomic mass is 10.1. The molecule has 0 aliphatic rings. The van der Waals surface area contributed by atoms with E-state index in [1.54, 1.807) is 0 Å². The van der Waals surface area contributed by atoms with E-state index >= 15 is 0 Å². The summed E-state index contributed by atoms with van der Waals surface area (Å²) in [6.07, 6.45) is 8.56. The lowest BCUT2D eigenvalue weighted by molar-refractivity contribution is 0.661. The van der Waals surface area contributed by atoms with Crippen molar-refractivity contribution in [2.45, 2.75) is 46.0 Å². The van der Waals surface area contributed by atoms with E-state index in [1.807, 2.05) is 0 Å². The fourth-order valence-corrected chi connectivity index (χ4v) is 1.49. The van der Waals surface area contributed by atoms with Crippen molar-refractivity contribution < 1.29 is 0 Å². The fraction of sp³-hybridized carbons (Fsp3) is 0.727. The molecule has 0 saturated carbocycles. The topological polar surface area (TPSA) is 17.8 Å². The van der Waals surface area contributed by atoms with Crippen LogP contribution >= 0.6 is 0 Å². The molecule has 0 fully saturated rings. The van der Waals surface area contributed by atoms with E-state index in [9.17, 15) is 0 Å². The van der Waals surface area contributed by atoms with Gasteiger partial charge >= 0.3 is 0 Å². The van der Waals surface area contributed by atoms with Crippen molar-refractivity contribution in [2.75, 3.05) is 0 Å². The zero-order valence-corrected chi connectivity index (χ0v) is 9.01. The lowest BCUT2D eigenvalue weighted by Gasteiger charge is -1.95. The molecule has 2 heteroatoms. The van der Waals surface area contributed by atoms with Gasteiger partial charge in [-0.2, -0.15) is 0 Å². The van der Waals surface area contributed by atoms with Crippen molar-refractivity contribution in [3.8, 4) is 0 Å². The number of unbranched alkanes of at least 4 members (excludes halogenated alkanes) is 3. The summed E-state index contributed by atoms with van der Waals surface area (Å²) in [6.45, 7) is 4.29. The van der Waals surface area contributed by atoms with Gasteiger partial charge in [0.05, 0.1) is 5.69 Å². The average molecular weight is 180 g/mol. The van der Waals surface area contributed by atoms with Crippen molar-refractivity contribution in [1.82, 2.24) is 9.55 Å². The quantitative estimate of drug-likeness (QED) is 0.637. The number of hydrogen-bond donors (Lipinski definition) is 0. The van der Waals surface area contributed by atoms with Crippen LogP contribution in [0, 0.1) is 6.92 Å². The molecule has 0 radical (unpaired) electrons. The van der Waals surface area contributed by atoms with Gasteiger partial charge < -0.3 is 4.57 Å². The first-order valence-corrected chi connectivity index (χ1v) is 5.23. The van der Waals surface area contributed by atoms with Crippen LogP contribution < -0.4 is 0 Å². The van der Waals surface area contributed by atoms with Crippen LogP contribution in [0.2, 0.25) is 0 Å². The molecule has 0 aliphatic heterocycles. The number of hydrogen-bond acceptors (Lipinski definition) is 1. The van der Waals surface area contributed by atoms with Crippen LogP contribution in [0.1, 0.15) is 44.1 Å². The standard InChI is InChI=1S/C11H20N2/c1-4-5-6-7-8-11-9-13(3)10(2)12-11/h9H,4-8H2,1-3H3. The third-order valence-corrected chi connectivity index (χ3v) is 2.44. The Morgan fingerprint density at radius 1 is 1.31 bits per heavy atom. The monoisotopic (exact) mass is 180 g/mol. The molecular weight excluding hydrogens is 160 g/mol. The highest BCUT2D eigenvalue weighted by Crippen LogP contribution is 2.07. The minimum absolute atomic E-state index is 1.12. The Kier molecular flexibility index (Phi) is 4.00. The Morgan fingerprint density at radius 3 is 2.62 bits per heavy atom. The van der Waals surface area contributed by atoms with Crippen LogP contribution in [-0.4, -0.2) is 9.55 Å². The van der Waals surface area contributed by atoms with E-state index < -0.39 is 0 Å². The lowest BCUT2D eigenvalue weighted by Crippen LogP contribution is -1.86.